The van der Waals surface area contributed by atoms with Crippen LogP contribution in [0.3, 0.4) is 0 Å². The van der Waals surface area contributed by atoms with Crippen LogP contribution < -0.4 is 10.2 Å². The molecule has 3 aromatic rings. The van der Waals surface area contributed by atoms with Gasteiger partial charge in [-0.15, -0.1) is 0 Å². The van der Waals surface area contributed by atoms with Gasteiger partial charge in [0.2, 0.25) is 5.91 Å². The lowest BCUT2D eigenvalue weighted by molar-refractivity contribution is -0.114. The fraction of sp³-hybridized carbons (Fsp3) is 0.333. The highest BCUT2D eigenvalue weighted by Crippen LogP contribution is 2.58. The summed E-state index contributed by atoms with van der Waals surface area (Å²) in [5, 5.41) is 7.07. The van der Waals surface area contributed by atoms with Crippen molar-refractivity contribution in [2.45, 2.75) is 32.1 Å². The molecule has 0 aromatic carbocycles. The largest absolute Gasteiger partial charge is 0.325 e. The number of carbonyl (C=O) groups is 1. The molecule has 7 heteroatoms. The second-order valence-corrected chi connectivity index (χ2v) is 7.92. The van der Waals surface area contributed by atoms with Crippen LogP contribution in [0.5, 0.6) is 0 Å². The highest BCUT2D eigenvalue weighted by atomic mass is 16.1. The highest BCUT2D eigenvalue weighted by molar-refractivity contribution is 5.89. The summed E-state index contributed by atoms with van der Waals surface area (Å²) in [4.78, 5) is 23.1. The molecule has 3 aromatic heterocycles. The van der Waals surface area contributed by atoms with Gasteiger partial charge in [-0.2, -0.15) is 5.10 Å². The number of nitrogens with one attached hydrogen (secondary N) is 1. The molecule has 0 atom stereocenters. The van der Waals surface area contributed by atoms with Gasteiger partial charge < -0.3 is 10.2 Å². The molecule has 1 amide bonds. The molecule has 7 nitrogen and oxygen atoms in total. The van der Waals surface area contributed by atoms with Gasteiger partial charge in [-0.05, 0) is 37.5 Å². The number of fused-ring (bicyclic) bond motifs is 2. The van der Waals surface area contributed by atoms with Gasteiger partial charge in [-0.25, -0.2) is 9.97 Å². The standard InChI is InChI=1S/C21H22N6O/c1-13-6-17(15-9-23-26(3)11-15)25-20(7-13)27-12-21(4-5-21)16-10-22-19(8-18(16)27)24-14(2)28/h6-11H,4-5,12H2,1-3H3,(H,22,24,28). The Morgan fingerprint density at radius 3 is 2.71 bits per heavy atom. The molecular formula is C21H22N6O. The summed E-state index contributed by atoms with van der Waals surface area (Å²) in [6.45, 7) is 4.48. The number of pyridine rings is 2. The molecule has 0 unspecified atom stereocenters. The van der Waals surface area contributed by atoms with Gasteiger partial charge in [0.05, 0.1) is 17.6 Å². The molecule has 1 saturated carbocycles. The van der Waals surface area contributed by atoms with Crippen molar-refractivity contribution in [1.82, 2.24) is 19.7 Å². The van der Waals surface area contributed by atoms with Crippen molar-refractivity contribution in [2.75, 3.05) is 16.8 Å². The Bertz CT molecular complexity index is 1100. The zero-order chi connectivity index (χ0) is 19.5. The second-order valence-electron chi connectivity index (χ2n) is 7.92. The van der Waals surface area contributed by atoms with Crippen molar-refractivity contribution < 1.29 is 4.79 Å². The van der Waals surface area contributed by atoms with Gasteiger partial charge in [-0.3, -0.25) is 9.48 Å². The number of hydrogen-bond acceptors (Lipinski definition) is 5. The number of hydrogen-bond donors (Lipinski definition) is 1. The van der Waals surface area contributed by atoms with Crippen molar-refractivity contribution in [3.63, 3.8) is 0 Å². The van der Waals surface area contributed by atoms with Crippen LogP contribution in [0.1, 0.15) is 30.9 Å². The van der Waals surface area contributed by atoms with Crippen molar-refractivity contribution in [1.29, 1.82) is 0 Å². The minimum atomic E-state index is -0.120. The first-order valence-corrected chi connectivity index (χ1v) is 9.47. The number of rotatable bonds is 3. The molecule has 0 saturated heterocycles. The maximum atomic E-state index is 11.5. The number of amides is 1. The van der Waals surface area contributed by atoms with Gasteiger partial charge in [-0.1, -0.05) is 0 Å². The van der Waals surface area contributed by atoms with E-state index >= 15 is 0 Å². The fourth-order valence-electron chi connectivity index (χ4n) is 4.07. The van der Waals surface area contributed by atoms with Crippen LogP contribution >= 0.6 is 0 Å². The Morgan fingerprint density at radius 2 is 2.04 bits per heavy atom. The minimum Gasteiger partial charge on any atom is -0.325 e. The van der Waals surface area contributed by atoms with Crippen molar-refractivity contribution in [3.8, 4) is 11.3 Å². The van der Waals surface area contributed by atoms with Crippen molar-refractivity contribution >= 4 is 23.2 Å². The lowest BCUT2D eigenvalue weighted by Gasteiger charge is -2.20. The van der Waals surface area contributed by atoms with Gasteiger partial charge in [0, 0.05) is 55.5 Å². The van der Waals surface area contributed by atoms with Gasteiger partial charge in [0.15, 0.2) is 0 Å². The summed E-state index contributed by atoms with van der Waals surface area (Å²) in [5.41, 5.74) is 5.59. The summed E-state index contributed by atoms with van der Waals surface area (Å²) in [6, 6.07) is 6.17. The van der Waals surface area contributed by atoms with Crippen LogP contribution in [-0.4, -0.2) is 32.2 Å². The first kappa shape index (κ1) is 16.9. The average molecular weight is 374 g/mol. The normalized spacial score (nSPS) is 16.3. The summed E-state index contributed by atoms with van der Waals surface area (Å²) in [7, 11) is 1.91. The minimum absolute atomic E-state index is 0.120. The van der Waals surface area contributed by atoms with E-state index in [2.05, 4.69) is 39.4 Å². The number of carbonyl (C=O) groups excluding carboxylic acids is 1. The Morgan fingerprint density at radius 1 is 1.21 bits per heavy atom. The van der Waals surface area contributed by atoms with E-state index in [4.69, 9.17) is 4.98 Å². The zero-order valence-corrected chi connectivity index (χ0v) is 16.2. The van der Waals surface area contributed by atoms with E-state index in [1.165, 1.54) is 25.3 Å². The Balaban J connectivity index is 1.59. The number of aromatic nitrogens is 4. The Labute approximate surface area is 163 Å². The van der Waals surface area contributed by atoms with Crippen LogP contribution in [0.4, 0.5) is 17.3 Å². The maximum absolute atomic E-state index is 11.5. The van der Waals surface area contributed by atoms with E-state index in [0.29, 0.717) is 5.82 Å². The van der Waals surface area contributed by atoms with E-state index in [9.17, 15) is 4.79 Å². The van der Waals surface area contributed by atoms with Crippen LogP contribution in [0, 0.1) is 6.92 Å². The topological polar surface area (TPSA) is 75.9 Å². The Hall–Kier alpha value is -3.22. The molecule has 1 aliphatic heterocycles. The maximum Gasteiger partial charge on any atom is 0.222 e. The third-order valence-corrected chi connectivity index (χ3v) is 5.60. The molecule has 1 fully saturated rings. The summed E-state index contributed by atoms with van der Waals surface area (Å²) in [6.07, 6.45) is 8.07. The zero-order valence-electron chi connectivity index (χ0n) is 16.2. The van der Waals surface area contributed by atoms with Gasteiger partial charge >= 0.3 is 0 Å². The molecule has 4 heterocycles. The predicted molar refractivity (Wildman–Crippen MR) is 108 cm³/mol. The van der Waals surface area contributed by atoms with E-state index < -0.39 is 0 Å². The molecule has 5 rings (SSSR count). The third-order valence-electron chi connectivity index (χ3n) is 5.60. The van der Waals surface area contributed by atoms with Crippen LogP contribution in [0.2, 0.25) is 0 Å². The average Bonchev–Trinajstić information content (AvgIpc) is 3.17. The van der Waals surface area contributed by atoms with Crippen LogP contribution in [0.15, 0.2) is 36.8 Å². The Kier molecular flexibility index (Phi) is 3.56. The highest BCUT2D eigenvalue weighted by Gasteiger charge is 2.52. The molecule has 1 spiro atoms. The van der Waals surface area contributed by atoms with Crippen LogP contribution in [-0.2, 0) is 17.3 Å². The van der Waals surface area contributed by atoms with Gasteiger partial charge in [0.25, 0.3) is 0 Å². The summed E-state index contributed by atoms with van der Waals surface area (Å²) < 4.78 is 1.79. The monoisotopic (exact) mass is 374 g/mol. The van der Waals surface area contributed by atoms with E-state index in [1.807, 2.05) is 31.7 Å². The molecule has 0 bridgehead atoms. The molecule has 1 N–H and O–H groups in total. The lowest BCUT2D eigenvalue weighted by atomic mass is 10.0. The molecule has 142 valence electrons. The number of aryl methyl sites for hydroxylation is 2. The number of nitrogens with zero attached hydrogens (tertiary/aromatic N) is 5. The van der Waals surface area contributed by atoms with E-state index in [-0.39, 0.29) is 11.3 Å². The first-order chi connectivity index (χ1) is 13.4. The fourth-order valence-corrected chi connectivity index (χ4v) is 4.07. The summed E-state index contributed by atoms with van der Waals surface area (Å²) in [5.74, 6) is 1.38. The SMILES string of the molecule is CC(=O)Nc1cc2c(cn1)C1(CC1)CN2c1cc(C)cc(-c2cnn(C)c2)n1. The second kappa shape index (κ2) is 5.89. The van der Waals surface area contributed by atoms with Gasteiger partial charge in [0.1, 0.15) is 11.6 Å². The quantitative estimate of drug-likeness (QED) is 0.761. The van der Waals surface area contributed by atoms with E-state index in [0.717, 1.165) is 34.9 Å². The predicted octanol–water partition coefficient (Wildman–Crippen LogP) is 3.33. The smallest absolute Gasteiger partial charge is 0.222 e. The molecule has 2 aliphatic rings. The molecular weight excluding hydrogens is 352 g/mol. The molecule has 1 aliphatic carbocycles. The lowest BCUT2D eigenvalue weighted by Crippen LogP contribution is -2.20. The summed E-state index contributed by atoms with van der Waals surface area (Å²) >= 11 is 0. The first-order valence-electron chi connectivity index (χ1n) is 9.47. The molecule has 0 radical (unpaired) electrons. The van der Waals surface area contributed by atoms with E-state index in [1.54, 1.807) is 4.68 Å². The van der Waals surface area contributed by atoms with Crippen molar-refractivity contribution in [2.24, 2.45) is 7.05 Å². The third kappa shape index (κ3) is 2.74. The van der Waals surface area contributed by atoms with Crippen LogP contribution in [0.25, 0.3) is 11.3 Å². The molecule has 28 heavy (non-hydrogen) atoms. The number of anilines is 3. The van der Waals surface area contributed by atoms with Crippen molar-refractivity contribution in [3.05, 3.63) is 47.9 Å².